The smallest absolute Gasteiger partial charge is 0.256 e. The number of amides is 1. The van der Waals surface area contributed by atoms with Crippen LogP contribution in [0, 0.1) is 5.82 Å². The molecule has 6 heteroatoms. The third-order valence-corrected chi connectivity index (χ3v) is 5.11. The molecule has 0 radical (unpaired) electrons. The molecule has 1 amide bonds. The van der Waals surface area contributed by atoms with Gasteiger partial charge in [-0.25, -0.2) is 4.39 Å². The van der Waals surface area contributed by atoms with Crippen LogP contribution in [-0.4, -0.2) is 60.1 Å². The van der Waals surface area contributed by atoms with Gasteiger partial charge in [-0.1, -0.05) is 11.6 Å². The zero-order chi connectivity index (χ0) is 17.3. The predicted molar refractivity (Wildman–Crippen MR) is 91.9 cm³/mol. The number of ether oxygens (including phenoxy) is 1. The van der Waals surface area contributed by atoms with Crippen LogP contribution in [0.5, 0.6) is 0 Å². The van der Waals surface area contributed by atoms with Gasteiger partial charge in [0.25, 0.3) is 5.91 Å². The van der Waals surface area contributed by atoms with Crippen LogP contribution in [0.2, 0.25) is 5.02 Å². The van der Waals surface area contributed by atoms with Gasteiger partial charge in [0.1, 0.15) is 5.82 Å². The lowest BCUT2D eigenvalue weighted by Crippen LogP contribution is -2.53. The topological polar surface area (TPSA) is 32.8 Å². The Morgan fingerprint density at radius 1 is 1.21 bits per heavy atom. The van der Waals surface area contributed by atoms with Crippen LogP contribution in [0.4, 0.5) is 4.39 Å². The van der Waals surface area contributed by atoms with Gasteiger partial charge in [-0.05, 0) is 44.9 Å². The van der Waals surface area contributed by atoms with Crippen LogP contribution >= 0.6 is 11.6 Å². The van der Waals surface area contributed by atoms with Gasteiger partial charge in [0, 0.05) is 37.2 Å². The van der Waals surface area contributed by atoms with E-state index in [9.17, 15) is 9.18 Å². The predicted octanol–water partition coefficient (Wildman–Crippen LogP) is 3.19. The third kappa shape index (κ3) is 3.90. The maximum absolute atomic E-state index is 14.0. The number of hydrogen-bond acceptors (Lipinski definition) is 3. The monoisotopic (exact) mass is 354 g/mol. The van der Waals surface area contributed by atoms with Gasteiger partial charge in [0.2, 0.25) is 0 Å². The van der Waals surface area contributed by atoms with Gasteiger partial charge in [-0.3, -0.25) is 9.69 Å². The first-order valence-corrected chi connectivity index (χ1v) is 8.95. The summed E-state index contributed by atoms with van der Waals surface area (Å²) in [4.78, 5) is 16.8. The van der Waals surface area contributed by atoms with Crippen molar-refractivity contribution in [3.05, 3.63) is 34.6 Å². The minimum Gasteiger partial charge on any atom is -0.373 e. The van der Waals surface area contributed by atoms with Gasteiger partial charge < -0.3 is 9.64 Å². The molecule has 2 aliphatic rings. The van der Waals surface area contributed by atoms with Gasteiger partial charge in [-0.15, -0.1) is 0 Å². The van der Waals surface area contributed by atoms with Crippen LogP contribution in [0.1, 0.15) is 37.0 Å². The van der Waals surface area contributed by atoms with Crippen molar-refractivity contribution in [3.8, 4) is 0 Å². The van der Waals surface area contributed by atoms with Crippen molar-refractivity contribution < 1.29 is 13.9 Å². The fourth-order valence-corrected chi connectivity index (χ4v) is 3.94. The molecule has 24 heavy (non-hydrogen) atoms. The minimum atomic E-state index is -0.551. The molecule has 0 aliphatic carbocycles. The van der Waals surface area contributed by atoms with Gasteiger partial charge in [0.15, 0.2) is 0 Å². The number of carbonyl (C=O) groups is 1. The number of piperidine rings is 1. The molecule has 0 unspecified atom stereocenters. The van der Waals surface area contributed by atoms with Crippen LogP contribution in [0.25, 0.3) is 0 Å². The second-order valence-corrected chi connectivity index (χ2v) is 7.30. The van der Waals surface area contributed by atoms with E-state index < -0.39 is 5.82 Å². The van der Waals surface area contributed by atoms with E-state index in [-0.39, 0.29) is 23.7 Å². The van der Waals surface area contributed by atoms with Crippen LogP contribution in [0.15, 0.2) is 18.2 Å². The molecular formula is C18H24ClFN2O2. The maximum atomic E-state index is 14.0. The number of nitrogens with zero attached hydrogens (tertiary/aromatic N) is 2. The number of benzene rings is 1. The first-order chi connectivity index (χ1) is 11.4. The number of rotatable bonds is 2. The van der Waals surface area contributed by atoms with E-state index >= 15 is 0 Å². The number of morpholine rings is 1. The van der Waals surface area contributed by atoms with Crippen LogP contribution in [0.3, 0.4) is 0 Å². The molecule has 0 N–H and O–H groups in total. The zero-order valence-corrected chi connectivity index (χ0v) is 14.9. The number of halogens is 2. The average Bonchev–Trinajstić information content (AvgIpc) is 2.53. The molecule has 1 aromatic rings. The molecule has 0 aromatic heterocycles. The zero-order valence-electron chi connectivity index (χ0n) is 14.2. The summed E-state index contributed by atoms with van der Waals surface area (Å²) in [6.45, 7) is 7.40. The summed E-state index contributed by atoms with van der Waals surface area (Å²) in [5.74, 6) is -0.795. The van der Waals surface area contributed by atoms with Crippen molar-refractivity contribution in [1.29, 1.82) is 0 Å². The Morgan fingerprint density at radius 2 is 1.83 bits per heavy atom. The molecule has 0 saturated carbocycles. The van der Waals surface area contributed by atoms with Crippen molar-refractivity contribution >= 4 is 17.5 Å². The van der Waals surface area contributed by atoms with E-state index in [1.165, 1.54) is 12.1 Å². The highest BCUT2D eigenvalue weighted by molar-refractivity contribution is 6.30. The highest BCUT2D eigenvalue weighted by Crippen LogP contribution is 2.23. The van der Waals surface area contributed by atoms with Crippen molar-refractivity contribution in [2.45, 2.75) is 44.9 Å². The number of hydrogen-bond donors (Lipinski definition) is 0. The molecule has 0 spiro atoms. The molecule has 4 nitrogen and oxygen atoms in total. The molecule has 1 aromatic carbocycles. The molecular weight excluding hydrogens is 331 g/mol. The van der Waals surface area contributed by atoms with Crippen molar-refractivity contribution in [1.82, 2.24) is 9.80 Å². The Labute approximate surface area is 147 Å². The standard InChI is InChI=1S/C18H24ClFN2O2/c1-12-10-22(11-13(2)24-12)15-5-7-21(8-6-15)18(23)16-4-3-14(19)9-17(16)20/h3-4,9,12-13,15H,5-8,10-11H2,1-2H3/t12-,13+. The van der Waals surface area contributed by atoms with Gasteiger partial charge in [-0.2, -0.15) is 0 Å². The Bertz CT molecular complexity index is 595. The summed E-state index contributed by atoms with van der Waals surface area (Å²) in [6.07, 6.45) is 2.33. The lowest BCUT2D eigenvalue weighted by Gasteiger charge is -2.43. The van der Waals surface area contributed by atoms with E-state index in [1.54, 1.807) is 11.0 Å². The Morgan fingerprint density at radius 3 is 2.42 bits per heavy atom. The lowest BCUT2D eigenvalue weighted by atomic mass is 10.0. The highest BCUT2D eigenvalue weighted by Gasteiger charge is 2.32. The Kier molecular flexibility index (Phi) is 5.42. The van der Waals surface area contributed by atoms with E-state index in [4.69, 9.17) is 16.3 Å². The van der Waals surface area contributed by atoms with E-state index in [2.05, 4.69) is 18.7 Å². The highest BCUT2D eigenvalue weighted by atomic mass is 35.5. The number of carbonyl (C=O) groups excluding carboxylic acids is 1. The summed E-state index contributed by atoms with van der Waals surface area (Å²) in [5, 5.41) is 0.304. The molecule has 2 atom stereocenters. The Hall–Kier alpha value is -1.17. The van der Waals surface area contributed by atoms with Crippen LogP contribution < -0.4 is 0 Å². The van der Waals surface area contributed by atoms with Gasteiger partial charge >= 0.3 is 0 Å². The normalized spacial score (nSPS) is 26.6. The third-order valence-electron chi connectivity index (χ3n) is 4.88. The molecule has 0 bridgehead atoms. The molecule has 2 aliphatic heterocycles. The summed E-state index contributed by atoms with van der Waals surface area (Å²) < 4.78 is 19.7. The average molecular weight is 355 g/mol. The first kappa shape index (κ1) is 17.6. The fourth-order valence-electron chi connectivity index (χ4n) is 3.78. The summed E-state index contributed by atoms with van der Waals surface area (Å²) >= 11 is 5.76. The lowest BCUT2D eigenvalue weighted by molar-refractivity contribution is -0.0856. The molecule has 2 heterocycles. The van der Waals surface area contributed by atoms with E-state index in [1.807, 2.05) is 0 Å². The van der Waals surface area contributed by atoms with E-state index in [0.717, 1.165) is 25.9 Å². The second kappa shape index (κ2) is 7.38. The Balaban J connectivity index is 1.59. The van der Waals surface area contributed by atoms with E-state index in [0.29, 0.717) is 24.2 Å². The van der Waals surface area contributed by atoms with Gasteiger partial charge in [0.05, 0.1) is 17.8 Å². The second-order valence-electron chi connectivity index (χ2n) is 6.86. The molecule has 2 fully saturated rings. The largest absolute Gasteiger partial charge is 0.373 e. The van der Waals surface area contributed by atoms with Crippen molar-refractivity contribution in [3.63, 3.8) is 0 Å². The quantitative estimate of drug-likeness (QED) is 0.817. The molecule has 2 saturated heterocycles. The first-order valence-electron chi connectivity index (χ1n) is 8.58. The fraction of sp³-hybridized carbons (Fsp3) is 0.611. The molecule has 3 rings (SSSR count). The van der Waals surface area contributed by atoms with Crippen molar-refractivity contribution in [2.75, 3.05) is 26.2 Å². The minimum absolute atomic E-state index is 0.103. The summed E-state index contributed by atoms with van der Waals surface area (Å²) in [7, 11) is 0. The maximum Gasteiger partial charge on any atom is 0.256 e. The summed E-state index contributed by atoms with van der Waals surface area (Å²) in [5.41, 5.74) is 0.103. The SMILES string of the molecule is C[C@@H]1CN(C2CCN(C(=O)c3ccc(Cl)cc3F)CC2)C[C@H](C)O1. The van der Waals surface area contributed by atoms with Crippen molar-refractivity contribution in [2.24, 2.45) is 0 Å². The molecule has 132 valence electrons. The summed E-state index contributed by atoms with van der Waals surface area (Å²) in [6, 6.07) is 4.69. The van der Waals surface area contributed by atoms with Crippen LogP contribution in [-0.2, 0) is 4.74 Å². The number of likely N-dealkylation sites (tertiary alicyclic amines) is 1.